The molecular weight excluding hydrogens is 236 g/mol. The molecule has 94 valence electrons. The van der Waals surface area contributed by atoms with Crippen molar-refractivity contribution < 1.29 is 9.53 Å². The van der Waals surface area contributed by atoms with Gasteiger partial charge in [0.2, 0.25) is 0 Å². The molecule has 17 heavy (non-hydrogen) atoms. The molecular formula is C12H18N2O2S. The van der Waals surface area contributed by atoms with Crippen LogP contribution in [-0.2, 0) is 4.74 Å². The van der Waals surface area contributed by atoms with Crippen molar-refractivity contribution >= 4 is 22.9 Å². The molecule has 0 aromatic carbocycles. The molecule has 1 aromatic heterocycles. The summed E-state index contributed by atoms with van der Waals surface area (Å²) in [5.41, 5.74) is 6.48. The number of methoxy groups -OCH3 is 1. The highest BCUT2D eigenvalue weighted by Crippen LogP contribution is 2.25. The number of nitrogen functional groups attached to an aromatic ring is 1. The van der Waals surface area contributed by atoms with Gasteiger partial charge in [-0.05, 0) is 25.8 Å². The molecule has 0 aliphatic carbocycles. The zero-order valence-corrected chi connectivity index (χ0v) is 11.0. The number of carbonyl (C=O) groups excluding carboxylic acids is 1. The minimum atomic E-state index is 0.101. The van der Waals surface area contributed by atoms with Gasteiger partial charge in [0.25, 0.3) is 5.91 Å². The Labute approximate surface area is 105 Å². The van der Waals surface area contributed by atoms with E-state index in [1.165, 1.54) is 11.3 Å². The minimum absolute atomic E-state index is 0.101. The van der Waals surface area contributed by atoms with Crippen LogP contribution in [0, 0.1) is 6.92 Å². The van der Waals surface area contributed by atoms with E-state index in [1.54, 1.807) is 13.2 Å². The molecule has 1 aliphatic rings. The Morgan fingerprint density at radius 1 is 1.53 bits per heavy atom. The van der Waals surface area contributed by atoms with Crippen LogP contribution in [0.5, 0.6) is 0 Å². The Morgan fingerprint density at radius 2 is 2.18 bits per heavy atom. The van der Waals surface area contributed by atoms with Crippen LogP contribution < -0.4 is 5.73 Å². The number of anilines is 1. The Balaban J connectivity index is 2.01. The molecule has 1 aromatic rings. The number of nitrogens with two attached hydrogens (primary N) is 1. The fourth-order valence-corrected chi connectivity index (χ4v) is 2.96. The van der Waals surface area contributed by atoms with E-state index < -0.39 is 0 Å². The molecule has 2 heterocycles. The van der Waals surface area contributed by atoms with Gasteiger partial charge in [-0.2, -0.15) is 0 Å². The van der Waals surface area contributed by atoms with E-state index in [0.29, 0.717) is 11.8 Å². The lowest BCUT2D eigenvalue weighted by molar-refractivity contribution is 0.0353. The Kier molecular flexibility index (Phi) is 3.69. The van der Waals surface area contributed by atoms with Crippen molar-refractivity contribution in [3.63, 3.8) is 0 Å². The highest BCUT2D eigenvalue weighted by atomic mass is 32.1. The highest BCUT2D eigenvalue weighted by Gasteiger charge is 2.24. The van der Waals surface area contributed by atoms with Crippen LogP contribution in [0.4, 0.5) is 5.69 Å². The zero-order chi connectivity index (χ0) is 12.4. The summed E-state index contributed by atoms with van der Waals surface area (Å²) in [5.74, 6) is 0.101. The van der Waals surface area contributed by atoms with Crippen molar-refractivity contribution in [3.8, 4) is 0 Å². The fourth-order valence-electron chi connectivity index (χ4n) is 2.05. The van der Waals surface area contributed by atoms with Gasteiger partial charge in [-0.25, -0.2) is 0 Å². The van der Waals surface area contributed by atoms with E-state index in [2.05, 4.69) is 0 Å². The number of ether oxygens (including phenoxy) is 1. The molecule has 1 fully saturated rings. The smallest absolute Gasteiger partial charge is 0.264 e. The first-order valence-corrected chi connectivity index (χ1v) is 6.61. The maximum atomic E-state index is 12.2. The number of hydrogen-bond donors (Lipinski definition) is 1. The van der Waals surface area contributed by atoms with Gasteiger partial charge in [0.1, 0.15) is 0 Å². The van der Waals surface area contributed by atoms with E-state index >= 15 is 0 Å². The van der Waals surface area contributed by atoms with Crippen molar-refractivity contribution in [2.75, 3.05) is 25.9 Å². The average Bonchev–Trinajstić information content (AvgIpc) is 2.69. The van der Waals surface area contributed by atoms with Crippen molar-refractivity contribution in [2.24, 2.45) is 0 Å². The molecule has 0 atom stereocenters. The molecule has 0 saturated carbocycles. The lowest BCUT2D eigenvalue weighted by Gasteiger charge is -2.30. The first-order valence-electron chi connectivity index (χ1n) is 5.79. The number of rotatable bonds is 2. The van der Waals surface area contributed by atoms with Crippen LogP contribution >= 0.6 is 11.3 Å². The third-order valence-corrected chi connectivity index (χ3v) is 4.28. The summed E-state index contributed by atoms with van der Waals surface area (Å²) < 4.78 is 5.29. The Morgan fingerprint density at radius 3 is 2.65 bits per heavy atom. The molecule has 0 radical (unpaired) electrons. The van der Waals surface area contributed by atoms with E-state index in [-0.39, 0.29) is 5.91 Å². The van der Waals surface area contributed by atoms with E-state index in [9.17, 15) is 4.79 Å². The normalized spacial score (nSPS) is 17.4. The lowest BCUT2D eigenvalue weighted by Crippen LogP contribution is -2.40. The quantitative estimate of drug-likeness (QED) is 0.877. The molecule has 2 N–H and O–H groups in total. The highest BCUT2D eigenvalue weighted by molar-refractivity contribution is 7.14. The van der Waals surface area contributed by atoms with Crippen LogP contribution in [0.25, 0.3) is 0 Å². The number of carbonyl (C=O) groups is 1. The Hall–Kier alpha value is -1.07. The largest absolute Gasteiger partial charge is 0.398 e. The Bertz CT molecular complexity index is 389. The van der Waals surface area contributed by atoms with Gasteiger partial charge in [-0.3, -0.25) is 4.79 Å². The van der Waals surface area contributed by atoms with Crippen LogP contribution in [-0.4, -0.2) is 37.1 Å². The second-order valence-corrected chi connectivity index (χ2v) is 5.61. The van der Waals surface area contributed by atoms with Crippen molar-refractivity contribution in [2.45, 2.75) is 25.9 Å². The van der Waals surface area contributed by atoms with Gasteiger partial charge in [0, 0.05) is 30.8 Å². The van der Waals surface area contributed by atoms with Gasteiger partial charge in [0.15, 0.2) is 0 Å². The van der Waals surface area contributed by atoms with Crippen molar-refractivity contribution in [3.05, 3.63) is 15.8 Å². The summed E-state index contributed by atoms with van der Waals surface area (Å²) >= 11 is 1.48. The number of thiophene rings is 1. The number of piperidine rings is 1. The third-order valence-electron chi connectivity index (χ3n) is 3.23. The first kappa shape index (κ1) is 12.4. The summed E-state index contributed by atoms with van der Waals surface area (Å²) in [4.78, 5) is 15.8. The fraction of sp³-hybridized carbons (Fsp3) is 0.583. The second-order valence-electron chi connectivity index (χ2n) is 4.35. The predicted octanol–water partition coefficient (Wildman–Crippen LogP) is 1.89. The van der Waals surface area contributed by atoms with Gasteiger partial charge in [0.05, 0.1) is 11.0 Å². The van der Waals surface area contributed by atoms with Gasteiger partial charge < -0.3 is 15.4 Å². The topological polar surface area (TPSA) is 55.6 Å². The molecule has 0 unspecified atom stereocenters. The molecule has 1 amide bonds. The van der Waals surface area contributed by atoms with E-state index in [1.807, 2.05) is 11.8 Å². The predicted molar refractivity (Wildman–Crippen MR) is 69.4 cm³/mol. The molecule has 0 spiro atoms. The van der Waals surface area contributed by atoms with Gasteiger partial charge >= 0.3 is 0 Å². The van der Waals surface area contributed by atoms with Gasteiger partial charge in [-0.1, -0.05) is 0 Å². The van der Waals surface area contributed by atoms with Crippen LogP contribution in [0.2, 0.25) is 0 Å². The molecule has 4 nitrogen and oxygen atoms in total. The van der Waals surface area contributed by atoms with Crippen LogP contribution in [0.3, 0.4) is 0 Å². The van der Waals surface area contributed by atoms with E-state index in [0.717, 1.165) is 35.7 Å². The van der Waals surface area contributed by atoms with Crippen molar-refractivity contribution in [1.82, 2.24) is 4.90 Å². The van der Waals surface area contributed by atoms with E-state index in [4.69, 9.17) is 10.5 Å². The third kappa shape index (κ3) is 2.61. The van der Waals surface area contributed by atoms with Crippen LogP contribution in [0.15, 0.2) is 6.07 Å². The standard InChI is InChI=1S/C12H18N2O2S/c1-8-10(13)7-11(17-8)12(15)14-5-3-9(16-2)4-6-14/h7,9H,3-6,13H2,1-2H3. The minimum Gasteiger partial charge on any atom is -0.398 e. The van der Waals surface area contributed by atoms with Gasteiger partial charge in [-0.15, -0.1) is 11.3 Å². The lowest BCUT2D eigenvalue weighted by atomic mass is 10.1. The second kappa shape index (κ2) is 5.06. The summed E-state index contributed by atoms with van der Waals surface area (Å²) in [6.07, 6.45) is 2.14. The first-order chi connectivity index (χ1) is 8.11. The monoisotopic (exact) mass is 254 g/mol. The number of amides is 1. The summed E-state index contributed by atoms with van der Waals surface area (Å²) in [7, 11) is 1.73. The number of nitrogens with zero attached hydrogens (tertiary/aromatic N) is 1. The number of hydrogen-bond acceptors (Lipinski definition) is 4. The molecule has 0 bridgehead atoms. The maximum absolute atomic E-state index is 12.2. The molecule has 1 aliphatic heterocycles. The molecule has 1 saturated heterocycles. The molecule has 2 rings (SSSR count). The van der Waals surface area contributed by atoms with Crippen LogP contribution in [0.1, 0.15) is 27.4 Å². The molecule has 5 heteroatoms. The summed E-state index contributed by atoms with van der Waals surface area (Å²) in [6, 6.07) is 1.78. The average molecular weight is 254 g/mol. The van der Waals surface area contributed by atoms with Crippen molar-refractivity contribution in [1.29, 1.82) is 0 Å². The zero-order valence-electron chi connectivity index (χ0n) is 10.2. The maximum Gasteiger partial charge on any atom is 0.264 e. The summed E-state index contributed by atoms with van der Waals surface area (Å²) in [6.45, 7) is 3.48. The summed E-state index contributed by atoms with van der Waals surface area (Å²) in [5, 5.41) is 0. The number of likely N-dealkylation sites (tertiary alicyclic amines) is 1. The number of aryl methyl sites for hydroxylation is 1. The SMILES string of the molecule is COC1CCN(C(=O)c2cc(N)c(C)s2)CC1.